The van der Waals surface area contributed by atoms with Gasteiger partial charge in [0.2, 0.25) is 0 Å². The van der Waals surface area contributed by atoms with Crippen LogP contribution in [0.2, 0.25) is 0 Å². The fourth-order valence-electron chi connectivity index (χ4n) is 2.48. The Bertz CT molecular complexity index is 974. The number of furan rings is 1. The van der Waals surface area contributed by atoms with Crippen LogP contribution in [0, 0.1) is 0 Å². The van der Waals surface area contributed by atoms with Gasteiger partial charge in [-0.2, -0.15) is 5.10 Å². The van der Waals surface area contributed by atoms with Gasteiger partial charge in [0.05, 0.1) is 12.0 Å². The van der Waals surface area contributed by atoms with E-state index in [1.807, 2.05) is 60.7 Å². The Morgan fingerprint density at radius 1 is 0.867 bits per heavy atom. The van der Waals surface area contributed by atoms with E-state index >= 15 is 0 Å². The molecule has 0 aliphatic carbocycles. The lowest BCUT2D eigenvalue weighted by atomic mass is 10.0. The van der Waals surface area contributed by atoms with Gasteiger partial charge in [0, 0.05) is 11.1 Å². The molecule has 0 radical (unpaired) electrons. The topological polar surface area (TPSA) is 110 Å². The van der Waals surface area contributed by atoms with E-state index in [0.29, 0.717) is 5.71 Å². The third-order valence-corrected chi connectivity index (χ3v) is 3.89. The summed E-state index contributed by atoms with van der Waals surface area (Å²) in [6, 6.07) is 21.8. The summed E-state index contributed by atoms with van der Waals surface area (Å²) in [4.78, 5) is 35.4. The maximum absolute atomic E-state index is 12.0. The van der Waals surface area contributed by atoms with Crippen LogP contribution in [0.5, 0.6) is 0 Å². The molecule has 0 aliphatic heterocycles. The van der Waals surface area contributed by atoms with Crippen molar-refractivity contribution in [2.24, 2.45) is 5.10 Å². The summed E-state index contributed by atoms with van der Waals surface area (Å²) in [7, 11) is 0. The van der Waals surface area contributed by atoms with Crippen LogP contribution in [-0.4, -0.2) is 36.6 Å². The quantitative estimate of drug-likeness (QED) is 0.339. The molecule has 3 rings (SSSR count). The van der Waals surface area contributed by atoms with Gasteiger partial charge in [-0.3, -0.25) is 14.4 Å². The zero-order chi connectivity index (χ0) is 21.2. The van der Waals surface area contributed by atoms with Crippen LogP contribution in [0.3, 0.4) is 0 Å². The van der Waals surface area contributed by atoms with Crippen LogP contribution < -0.4 is 10.7 Å². The van der Waals surface area contributed by atoms with E-state index < -0.39 is 30.9 Å². The van der Waals surface area contributed by atoms with E-state index in [9.17, 15) is 14.4 Å². The Morgan fingerprint density at radius 3 is 2.07 bits per heavy atom. The maximum atomic E-state index is 12.0. The van der Waals surface area contributed by atoms with Crippen LogP contribution in [0.1, 0.15) is 21.7 Å². The molecule has 1 aromatic heterocycles. The zero-order valence-electron chi connectivity index (χ0n) is 15.9. The summed E-state index contributed by atoms with van der Waals surface area (Å²) in [6.45, 7) is -0.925. The first kappa shape index (κ1) is 20.5. The molecule has 1 heterocycles. The molecule has 0 bridgehead atoms. The van der Waals surface area contributed by atoms with Crippen molar-refractivity contribution >= 4 is 23.5 Å². The summed E-state index contributed by atoms with van der Waals surface area (Å²) in [5.74, 6) is -1.85. The van der Waals surface area contributed by atoms with Crippen molar-refractivity contribution in [3.63, 3.8) is 0 Å². The summed E-state index contributed by atoms with van der Waals surface area (Å²) in [5.41, 5.74) is 4.60. The Balaban J connectivity index is 1.53. The van der Waals surface area contributed by atoms with Gasteiger partial charge in [-0.05, 0) is 12.1 Å². The molecule has 0 saturated heterocycles. The van der Waals surface area contributed by atoms with E-state index in [4.69, 9.17) is 9.15 Å². The Hall–Kier alpha value is -4.20. The van der Waals surface area contributed by atoms with Crippen molar-refractivity contribution < 1.29 is 23.5 Å². The molecule has 0 saturated carbocycles. The lowest BCUT2D eigenvalue weighted by molar-refractivity contribution is -0.147. The van der Waals surface area contributed by atoms with Crippen LogP contribution >= 0.6 is 0 Å². The minimum Gasteiger partial charge on any atom is -0.459 e. The van der Waals surface area contributed by atoms with E-state index in [0.717, 1.165) is 11.1 Å². The zero-order valence-corrected chi connectivity index (χ0v) is 15.9. The normalized spacial score (nSPS) is 10.0. The number of carbonyl (C=O) groups excluding carboxylic acids is 3. The molecule has 0 spiro atoms. The fraction of sp³-hybridized carbons (Fsp3) is 0.0909. The van der Waals surface area contributed by atoms with Gasteiger partial charge in [-0.25, -0.2) is 5.43 Å². The highest BCUT2D eigenvalue weighted by Crippen LogP contribution is 2.10. The molecule has 8 nitrogen and oxygen atoms in total. The van der Waals surface area contributed by atoms with Crippen molar-refractivity contribution in [1.29, 1.82) is 0 Å². The molecule has 2 aromatic carbocycles. The molecule has 2 N–H and O–H groups in total. The first-order chi connectivity index (χ1) is 14.6. The summed E-state index contributed by atoms with van der Waals surface area (Å²) >= 11 is 0. The average molecular weight is 405 g/mol. The van der Waals surface area contributed by atoms with Crippen LogP contribution in [-0.2, 0) is 14.3 Å². The SMILES string of the molecule is O=C(COC(=O)CNC(=O)c1ccco1)NN=C(c1ccccc1)c1ccccc1. The minimum atomic E-state index is -0.764. The number of carbonyl (C=O) groups is 3. The van der Waals surface area contributed by atoms with Crippen molar-refractivity contribution in [2.45, 2.75) is 0 Å². The summed E-state index contributed by atoms with van der Waals surface area (Å²) < 4.78 is 9.76. The number of hydrazone groups is 1. The average Bonchev–Trinajstić information content (AvgIpc) is 3.33. The predicted octanol–water partition coefficient (Wildman–Crippen LogP) is 2.12. The lowest BCUT2D eigenvalue weighted by Crippen LogP contribution is -2.33. The number of hydrogen-bond acceptors (Lipinski definition) is 6. The number of ether oxygens (including phenoxy) is 1. The molecule has 152 valence electrons. The first-order valence-electron chi connectivity index (χ1n) is 9.08. The highest BCUT2D eigenvalue weighted by Gasteiger charge is 2.13. The number of nitrogens with zero attached hydrogens (tertiary/aromatic N) is 1. The number of esters is 1. The highest BCUT2D eigenvalue weighted by molar-refractivity contribution is 6.13. The number of amides is 2. The van der Waals surface area contributed by atoms with E-state index in [1.54, 1.807) is 6.07 Å². The van der Waals surface area contributed by atoms with Gasteiger partial charge >= 0.3 is 5.97 Å². The fourth-order valence-corrected chi connectivity index (χ4v) is 2.48. The molecule has 0 aliphatic rings. The van der Waals surface area contributed by atoms with Gasteiger partial charge in [-0.15, -0.1) is 0 Å². The standard InChI is InChI=1S/C22H19N3O5/c26-19(15-30-20(27)14-23-22(28)18-12-7-13-29-18)24-25-21(16-8-3-1-4-9-16)17-10-5-2-6-11-17/h1-13H,14-15H2,(H,23,28)(H,24,26). The van der Waals surface area contributed by atoms with Gasteiger partial charge in [0.1, 0.15) is 6.54 Å². The van der Waals surface area contributed by atoms with E-state index in [1.165, 1.54) is 12.3 Å². The highest BCUT2D eigenvalue weighted by atomic mass is 16.5. The Labute approximate surface area is 172 Å². The van der Waals surface area contributed by atoms with Crippen molar-refractivity contribution in [1.82, 2.24) is 10.7 Å². The molecule has 0 unspecified atom stereocenters. The predicted molar refractivity (Wildman–Crippen MR) is 109 cm³/mol. The van der Waals surface area contributed by atoms with Gasteiger partial charge in [0.15, 0.2) is 12.4 Å². The van der Waals surface area contributed by atoms with Gasteiger partial charge in [0.25, 0.3) is 11.8 Å². The number of nitrogens with one attached hydrogen (secondary N) is 2. The van der Waals surface area contributed by atoms with Crippen LogP contribution in [0.4, 0.5) is 0 Å². The monoisotopic (exact) mass is 405 g/mol. The second-order valence-electron chi connectivity index (χ2n) is 6.05. The third kappa shape index (κ3) is 5.90. The van der Waals surface area contributed by atoms with E-state index in [-0.39, 0.29) is 5.76 Å². The summed E-state index contributed by atoms with van der Waals surface area (Å²) in [6.07, 6.45) is 1.34. The van der Waals surface area contributed by atoms with Crippen molar-refractivity contribution in [2.75, 3.05) is 13.2 Å². The second kappa shape index (κ2) is 10.4. The first-order valence-corrected chi connectivity index (χ1v) is 9.08. The molecular formula is C22H19N3O5. The summed E-state index contributed by atoms with van der Waals surface area (Å²) in [5, 5.41) is 6.53. The van der Waals surface area contributed by atoms with Gasteiger partial charge in [-0.1, -0.05) is 60.7 Å². The Kier molecular flexibility index (Phi) is 7.10. The molecule has 3 aromatic rings. The molecule has 8 heteroatoms. The number of benzene rings is 2. The van der Waals surface area contributed by atoms with Crippen molar-refractivity contribution in [3.8, 4) is 0 Å². The molecule has 2 amide bonds. The van der Waals surface area contributed by atoms with Crippen molar-refractivity contribution in [3.05, 3.63) is 95.9 Å². The molecule has 0 atom stereocenters. The molecular weight excluding hydrogens is 386 g/mol. The molecule has 30 heavy (non-hydrogen) atoms. The van der Waals surface area contributed by atoms with Gasteiger partial charge < -0.3 is 14.5 Å². The smallest absolute Gasteiger partial charge is 0.325 e. The van der Waals surface area contributed by atoms with E-state index in [2.05, 4.69) is 15.8 Å². The minimum absolute atomic E-state index is 0.0734. The van der Waals surface area contributed by atoms with Crippen LogP contribution in [0.15, 0.2) is 88.6 Å². The number of hydrogen-bond donors (Lipinski definition) is 2. The third-order valence-electron chi connectivity index (χ3n) is 3.89. The lowest BCUT2D eigenvalue weighted by Gasteiger charge is -2.08. The largest absolute Gasteiger partial charge is 0.459 e. The van der Waals surface area contributed by atoms with Crippen LogP contribution in [0.25, 0.3) is 0 Å². The second-order valence-corrected chi connectivity index (χ2v) is 6.05. The Morgan fingerprint density at radius 2 is 1.50 bits per heavy atom. The molecule has 0 fully saturated rings. The maximum Gasteiger partial charge on any atom is 0.325 e. The number of rotatable bonds is 8.